The second-order valence-electron chi connectivity index (χ2n) is 4.88. The van der Waals surface area contributed by atoms with Gasteiger partial charge in [-0.3, -0.25) is 4.90 Å². The number of aromatic amines is 1. The molecule has 0 aliphatic carbocycles. The summed E-state index contributed by atoms with van der Waals surface area (Å²) in [6, 6.07) is 8.52. The molecule has 2 heterocycles. The molecule has 1 aliphatic heterocycles. The van der Waals surface area contributed by atoms with Crippen LogP contribution in [0.4, 0.5) is 0 Å². The molecule has 2 aromatic rings. The second-order valence-corrected chi connectivity index (χ2v) is 4.88. The summed E-state index contributed by atoms with van der Waals surface area (Å²) in [6.07, 6.45) is 6.65. The molecule has 18 heavy (non-hydrogen) atoms. The minimum Gasteiger partial charge on any atom is -0.361 e. The molecule has 1 radical (unpaired) electrons. The van der Waals surface area contributed by atoms with Crippen molar-refractivity contribution >= 4 is 16.5 Å². The molecule has 0 saturated heterocycles. The lowest BCUT2D eigenvalue weighted by Gasteiger charge is -2.25. The highest BCUT2D eigenvalue weighted by Gasteiger charge is 2.14. The van der Waals surface area contributed by atoms with Crippen LogP contribution < -0.4 is 0 Å². The van der Waals surface area contributed by atoms with Gasteiger partial charge in [-0.2, -0.15) is 0 Å². The molecule has 0 bridgehead atoms. The van der Waals surface area contributed by atoms with E-state index >= 15 is 0 Å². The Morgan fingerprint density at radius 1 is 1.28 bits per heavy atom. The summed E-state index contributed by atoms with van der Waals surface area (Å²) < 4.78 is 0. The SMILES string of the molecule is [CH2]CCN1CC=C(c2c[nH]c3ccccc23)CC1. The van der Waals surface area contributed by atoms with Gasteiger partial charge in [-0.15, -0.1) is 0 Å². The Kier molecular flexibility index (Phi) is 3.20. The fraction of sp³-hybridized carbons (Fsp3) is 0.312. The quantitative estimate of drug-likeness (QED) is 0.868. The highest BCUT2D eigenvalue weighted by atomic mass is 15.1. The summed E-state index contributed by atoms with van der Waals surface area (Å²) >= 11 is 0. The third-order valence-electron chi connectivity index (χ3n) is 3.70. The molecule has 1 aromatic carbocycles. The number of fused-ring (bicyclic) bond motifs is 1. The van der Waals surface area contributed by atoms with E-state index in [0.29, 0.717) is 0 Å². The van der Waals surface area contributed by atoms with Crippen molar-refractivity contribution in [1.29, 1.82) is 0 Å². The van der Waals surface area contributed by atoms with E-state index in [2.05, 4.69) is 53.3 Å². The van der Waals surface area contributed by atoms with Gasteiger partial charge in [-0.05, 0) is 31.0 Å². The average Bonchev–Trinajstić information content (AvgIpc) is 2.84. The van der Waals surface area contributed by atoms with Gasteiger partial charge >= 0.3 is 0 Å². The third kappa shape index (κ3) is 2.08. The molecule has 0 fully saturated rings. The zero-order chi connectivity index (χ0) is 12.4. The topological polar surface area (TPSA) is 19.0 Å². The van der Waals surface area contributed by atoms with Crippen LogP contribution in [0.5, 0.6) is 0 Å². The second kappa shape index (κ2) is 4.99. The molecule has 3 rings (SSSR count). The number of para-hydroxylation sites is 1. The summed E-state index contributed by atoms with van der Waals surface area (Å²) in [6.45, 7) is 7.24. The van der Waals surface area contributed by atoms with Gasteiger partial charge in [0.15, 0.2) is 0 Å². The van der Waals surface area contributed by atoms with E-state index in [1.54, 1.807) is 0 Å². The van der Waals surface area contributed by atoms with Gasteiger partial charge < -0.3 is 4.98 Å². The van der Waals surface area contributed by atoms with Gasteiger partial charge in [-0.1, -0.05) is 31.2 Å². The zero-order valence-electron chi connectivity index (χ0n) is 10.7. The van der Waals surface area contributed by atoms with Crippen LogP contribution in [0.2, 0.25) is 0 Å². The predicted molar refractivity (Wildman–Crippen MR) is 77.3 cm³/mol. The van der Waals surface area contributed by atoms with Crippen LogP contribution in [0, 0.1) is 6.92 Å². The zero-order valence-corrected chi connectivity index (χ0v) is 10.7. The molecule has 1 aliphatic rings. The van der Waals surface area contributed by atoms with Crippen LogP contribution in [0.15, 0.2) is 36.5 Å². The summed E-state index contributed by atoms with van der Waals surface area (Å²) in [5, 5.41) is 1.34. The fourth-order valence-electron chi connectivity index (χ4n) is 2.72. The van der Waals surface area contributed by atoms with Crippen molar-refractivity contribution in [1.82, 2.24) is 9.88 Å². The summed E-state index contributed by atoms with van der Waals surface area (Å²) in [4.78, 5) is 5.82. The summed E-state index contributed by atoms with van der Waals surface area (Å²) in [7, 11) is 0. The number of nitrogens with one attached hydrogen (secondary N) is 1. The van der Waals surface area contributed by atoms with Gasteiger partial charge in [0.25, 0.3) is 0 Å². The summed E-state index contributed by atoms with van der Waals surface area (Å²) in [5.74, 6) is 0. The van der Waals surface area contributed by atoms with Crippen molar-refractivity contribution in [2.24, 2.45) is 0 Å². The first-order valence-corrected chi connectivity index (χ1v) is 6.65. The van der Waals surface area contributed by atoms with Crippen molar-refractivity contribution < 1.29 is 0 Å². The largest absolute Gasteiger partial charge is 0.361 e. The molecule has 1 N–H and O–H groups in total. The molecular weight excluding hydrogens is 220 g/mol. The molecule has 0 unspecified atom stereocenters. The monoisotopic (exact) mass is 239 g/mol. The third-order valence-corrected chi connectivity index (χ3v) is 3.70. The number of H-pyrrole nitrogens is 1. The normalized spacial score (nSPS) is 17.1. The van der Waals surface area contributed by atoms with E-state index in [1.165, 1.54) is 22.0 Å². The lowest BCUT2D eigenvalue weighted by molar-refractivity contribution is 0.307. The van der Waals surface area contributed by atoms with Crippen molar-refractivity contribution in [2.45, 2.75) is 12.8 Å². The first-order chi connectivity index (χ1) is 8.88. The maximum atomic E-state index is 3.92. The van der Waals surface area contributed by atoms with E-state index in [0.717, 1.165) is 32.5 Å². The highest BCUT2D eigenvalue weighted by molar-refractivity contribution is 5.92. The Hall–Kier alpha value is -1.54. The van der Waals surface area contributed by atoms with Crippen molar-refractivity contribution in [3.05, 3.63) is 49.0 Å². The smallest absolute Gasteiger partial charge is 0.0460 e. The number of nitrogens with zero attached hydrogens (tertiary/aromatic N) is 1. The number of hydrogen-bond acceptors (Lipinski definition) is 1. The molecule has 0 spiro atoms. The molecule has 0 amide bonds. The van der Waals surface area contributed by atoms with Crippen molar-refractivity contribution in [3.8, 4) is 0 Å². The summed E-state index contributed by atoms with van der Waals surface area (Å²) in [5.41, 5.74) is 4.08. The van der Waals surface area contributed by atoms with Gasteiger partial charge in [0.1, 0.15) is 0 Å². The average molecular weight is 239 g/mol. The van der Waals surface area contributed by atoms with Crippen LogP contribution >= 0.6 is 0 Å². The Bertz CT molecular complexity index is 565. The number of benzene rings is 1. The van der Waals surface area contributed by atoms with E-state index < -0.39 is 0 Å². The lowest BCUT2D eigenvalue weighted by Crippen LogP contribution is -2.29. The minimum absolute atomic E-state index is 0.996. The van der Waals surface area contributed by atoms with Crippen LogP contribution in [-0.4, -0.2) is 29.5 Å². The van der Waals surface area contributed by atoms with E-state index in [-0.39, 0.29) is 0 Å². The van der Waals surface area contributed by atoms with Crippen LogP contribution in [0.3, 0.4) is 0 Å². The molecule has 1 aromatic heterocycles. The van der Waals surface area contributed by atoms with Crippen LogP contribution in [-0.2, 0) is 0 Å². The molecule has 2 nitrogen and oxygen atoms in total. The molecule has 0 atom stereocenters. The first kappa shape index (κ1) is 11.5. The van der Waals surface area contributed by atoms with E-state index in [1.807, 2.05) is 0 Å². The van der Waals surface area contributed by atoms with Crippen LogP contribution in [0.25, 0.3) is 16.5 Å². The molecule has 93 valence electrons. The Balaban J connectivity index is 1.87. The number of rotatable bonds is 3. The van der Waals surface area contributed by atoms with E-state index in [4.69, 9.17) is 0 Å². The van der Waals surface area contributed by atoms with Gasteiger partial charge in [0.2, 0.25) is 0 Å². The fourth-order valence-corrected chi connectivity index (χ4v) is 2.72. The molecule has 0 saturated carbocycles. The lowest BCUT2D eigenvalue weighted by atomic mass is 9.99. The van der Waals surface area contributed by atoms with Gasteiger partial charge in [0, 0.05) is 35.8 Å². The van der Waals surface area contributed by atoms with E-state index in [9.17, 15) is 0 Å². The number of aromatic nitrogens is 1. The van der Waals surface area contributed by atoms with Crippen molar-refractivity contribution in [2.75, 3.05) is 19.6 Å². The molecule has 2 heteroatoms. The standard InChI is InChI=1S/C16H19N2/c1-2-9-18-10-7-13(8-11-18)15-12-17-16-6-4-3-5-14(15)16/h3-7,12,17H,1-2,8-11H2. The van der Waals surface area contributed by atoms with Gasteiger partial charge in [-0.25, -0.2) is 0 Å². The minimum atomic E-state index is 0.996. The maximum Gasteiger partial charge on any atom is 0.0460 e. The number of hydrogen-bond donors (Lipinski definition) is 1. The van der Waals surface area contributed by atoms with Crippen LogP contribution in [0.1, 0.15) is 18.4 Å². The Morgan fingerprint density at radius 3 is 2.94 bits per heavy atom. The first-order valence-electron chi connectivity index (χ1n) is 6.65. The molecular formula is C16H19N2. The highest BCUT2D eigenvalue weighted by Crippen LogP contribution is 2.28. The Labute approximate surface area is 108 Å². The maximum absolute atomic E-state index is 3.92. The van der Waals surface area contributed by atoms with Crippen molar-refractivity contribution in [3.63, 3.8) is 0 Å². The van der Waals surface area contributed by atoms with Gasteiger partial charge in [0.05, 0.1) is 0 Å². The Morgan fingerprint density at radius 2 is 2.17 bits per heavy atom. The predicted octanol–water partition coefficient (Wildman–Crippen LogP) is 3.48.